The summed E-state index contributed by atoms with van der Waals surface area (Å²) in [7, 11) is 0.822. The first-order valence-corrected chi connectivity index (χ1v) is 6.77. The second-order valence-corrected chi connectivity index (χ2v) is 6.39. The van der Waals surface area contributed by atoms with Crippen molar-refractivity contribution < 1.29 is 19.2 Å². The second-order valence-electron chi connectivity index (χ2n) is 6.39. The van der Waals surface area contributed by atoms with Crippen molar-refractivity contribution in [3.8, 4) is 0 Å². The summed E-state index contributed by atoms with van der Waals surface area (Å²) < 4.78 is 13.1. The van der Waals surface area contributed by atoms with Gasteiger partial charge in [0, 0.05) is 18.7 Å². The highest BCUT2D eigenvalue weighted by Gasteiger charge is 2.52. The van der Waals surface area contributed by atoms with Crippen LogP contribution in [0.4, 0.5) is 0 Å². The highest BCUT2D eigenvalue weighted by Crippen LogP contribution is 2.36. The first-order chi connectivity index (χ1) is 9.48. The van der Waals surface area contributed by atoms with Gasteiger partial charge in [-0.1, -0.05) is 0 Å². The lowest BCUT2D eigenvalue weighted by Crippen LogP contribution is -2.42. The number of nitrogens with zero attached hydrogens (tertiary/aromatic N) is 1. The Kier molecular flexibility index (Phi) is 3.54. The first-order valence-electron chi connectivity index (χ1n) is 6.77. The Hall–Kier alpha value is -1.60. The van der Waals surface area contributed by atoms with Crippen LogP contribution < -0.4 is 11.0 Å². The fraction of sp³-hybridized carbons (Fsp3) is 0.571. The molecule has 1 aliphatic heterocycles. The number of aromatic nitrogens is 1. The van der Waals surface area contributed by atoms with Gasteiger partial charge in [-0.05, 0) is 40.2 Å². The molecule has 0 unspecified atom stereocenters. The fourth-order valence-corrected chi connectivity index (χ4v) is 2.30. The summed E-state index contributed by atoms with van der Waals surface area (Å²) in [4.78, 5) is 23.3. The zero-order chi connectivity index (χ0) is 16.2. The van der Waals surface area contributed by atoms with Crippen LogP contribution in [-0.2, 0) is 16.4 Å². The number of rotatable bonds is 2. The Balaban J connectivity index is 2.58. The van der Waals surface area contributed by atoms with Crippen LogP contribution in [-0.4, -0.2) is 34.0 Å². The van der Waals surface area contributed by atoms with Crippen molar-refractivity contribution in [3.05, 3.63) is 27.7 Å². The average molecular weight is 293 g/mol. The third-order valence-electron chi connectivity index (χ3n) is 4.40. The number of hydrogen-bond donors (Lipinski definition) is 1. The minimum Gasteiger partial charge on any atom is -0.477 e. The molecule has 21 heavy (non-hydrogen) atoms. The number of aromatic carboxylic acids is 1. The Morgan fingerprint density at radius 2 is 1.71 bits per heavy atom. The van der Waals surface area contributed by atoms with Gasteiger partial charge in [0.15, 0.2) is 0 Å². The van der Waals surface area contributed by atoms with E-state index in [0.717, 1.165) is 0 Å². The maximum absolute atomic E-state index is 12.0. The Labute approximate surface area is 123 Å². The maximum Gasteiger partial charge on any atom is 0.496 e. The molecule has 1 N–H and O–H groups in total. The minimum atomic E-state index is -1.24. The van der Waals surface area contributed by atoms with Crippen LogP contribution >= 0.6 is 0 Å². The molecule has 0 amide bonds. The predicted octanol–water partition coefficient (Wildman–Crippen LogP) is 0.691. The van der Waals surface area contributed by atoms with Gasteiger partial charge in [0.25, 0.3) is 5.56 Å². The lowest BCUT2D eigenvalue weighted by Gasteiger charge is -2.32. The number of carboxylic acid groups (broad SMARTS) is 1. The molecule has 2 heterocycles. The summed E-state index contributed by atoms with van der Waals surface area (Å²) in [6, 6.07) is 0. The van der Waals surface area contributed by atoms with Crippen LogP contribution in [0.15, 0.2) is 11.0 Å². The van der Waals surface area contributed by atoms with Crippen LogP contribution in [0, 0.1) is 6.92 Å². The summed E-state index contributed by atoms with van der Waals surface area (Å²) in [5.74, 6) is -1.24. The summed E-state index contributed by atoms with van der Waals surface area (Å²) in [5.41, 5.74) is -0.896. The molecule has 0 aliphatic carbocycles. The van der Waals surface area contributed by atoms with Gasteiger partial charge < -0.3 is 19.0 Å². The summed E-state index contributed by atoms with van der Waals surface area (Å²) >= 11 is 0. The molecule has 0 saturated carbocycles. The minimum absolute atomic E-state index is 0.246. The largest absolute Gasteiger partial charge is 0.496 e. The standard InChI is InChI=1S/C14H20BNO5/c1-8-9(7-16(6)11(17)10(8)12(18)19)15-20-13(2,3)14(4,5)21-15/h7H,1-6H3,(H,18,19). The van der Waals surface area contributed by atoms with Gasteiger partial charge >= 0.3 is 13.1 Å². The monoisotopic (exact) mass is 293 g/mol. The van der Waals surface area contributed by atoms with Gasteiger partial charge in [0.1, 0.15) is 5.56 Å². The molecule has 0 bridgehead atoms. The number of carbonyl (C=O) groups is 1. The van der Waals surface area contributed by atoms with E-state index < -0.39 is 29.8 Å². The van der Waals surface area contributed by atoms with Crippen molar-refractivity contribution in [2.45, 2.75) is 45.8 Å². The molecule has 6 nitrogen and oxygen atoms in total. The van der Waals surface area contributed by atoms with E-state index in [2.05, 4.69) is 0 Å². The van der Waals surface area contributed by atoms with E-state index in [-0.39, 0.29) is 5.56 Å². The van der Waals surface area contributed by atoms with Crippen molar-refractivity contribution >= 4 is 18.6 Å². The molecule has 0 atom stereocenters. The first kappa shape index (κ1) is 15.8. The maximum atomic E-state index is 12.0. The molecule has 7 heteroatoms. The van der Waals surface area contributed by atoms with Crippen LogP contribution in [0.3, 0.4) is 0 Å². The summed E-state index contributed by atoms with van der Waals surface area (Å²) in [5, 5.41) is 9.25. The summed E-state index contributed by atoms with van der Waals surface area (Å²) in [6.45, 7) is 9.28. The average Bonchev–Trinajstić information content (AvgIpc) is 2.52. The molecule has 1 aliphatic rings. The van der Waals surface area contributed by atoms with E-state index in [1.54, 1.807) is 13.1 Å². The van der Waals surface area contributed by atoms with Gasteiger partial charge in [-0.15, -0.1) is 0 Å². The Bertz CT molecular complexity index is 646. The number of hydrogen-bond acceptors (Lipinski definition) is 4. The normalized spacial score (nSPS) is 19.8. The van der Waals surface area contributed by atoms with Crippen LogP contribution in [0.25, 0.3) is 0 Å². The Morgan fingerprint density at radius 3 is 2.14 bits per heavy atom. The molecule has 114 valence electrons. The van der Waals surface area contributed by atoms with Crippen molar-refractivity contribution in [3.63, 3.8) is 0 Å². The number of carboxylic acids is 1. The van der Waals surface area contributed by atoms with Crippen LogP contribution in [0.2, 0.25) is 0 Å². The zero-order valence-electron chi connectivity index (χ0n) is 13.2. The highest BCUT2D eigenvalue weighted by molar-refractivity contribution is 6.62. The van der Waals surface area contributed by atoms with Crippen molar-refractivity contribution in [1.82, 2.24) is 4.57 Å². The van der Waals surface area contributed by atoms with E-state index in [0.29, 0.717) is 11.0 Å². The Morgan fingerprint density at radius 1 is 1.24 bits per heavy atom. The summed E-state index contributed by atoms with van der Waals surface area (Å²) in [6.07, 6.45) is 1.58. The molecular formula is C14H20BNO5. The van der Waals surface area contributed by atoms with Gasteiger partial charge in [-0.3, -0.25) is 4.79 Å². The van der Waals surface area contributed by atoms with Crippen molar-refractivity contribution in [1.29, 1.82) is 0 Å². The smallest absolute Gasteiger partial charge is 0.477 e. The van der Waals surface area contributed by atoms with Gasteiger partial charge in [-0.25, -0.2) is 4.79 Å². The molecule has 1 aromatic heterocycles. The zero-order valence-corrected chi connectivity index (χ0v) is 13.2. The lowest BCUT2D eigenvalue weighted by molar-refractivity contribution is 0.00578. The molecule has 0 spiro atoms. The van der Waals surface area contributed by atoms with Crippen LogP contribution in [0.5, 0.6) is 0 Å². The molecule has 1 fully saturated rings. The fourth-order valence-electron chi connectivity index (χ4n) is 2.30. The van der Waals surface area contributed by atoms with E-state index >= 15 is 0 Å². The molecule has 1 aromatic rings. The third kappa shape index (κ3) is 2.40. The SMILES string of the molecule is Cc1c(B2OC(C)(C)C(C)(C)O2)cn(C)c(=O)c1C(=O)O. The lowest BCUT2D eigenvalue weighted by atomic mass is 9.76. The van der Waals surface area contributed by atoms with Crippen LogP contribution in [0.1, 0.15) is 43.6 Å². The quantitative estimate of drug-likeness (QED) is 0.812. The predicted molar refractivity (Wildman–Crippen MR) is 79.1 cm³/mol. The molecule has 2 rings (SSSR count). The molecule has 0 aromatic carbocycles. The van der Waals surface area contributed by atoms with Crippen molar-refractivity contribution in [2.75, 3.05) is 0 Å². The number of pyridine rings is 1. The third-order valence-corrected chi connectivity index (χ3v) is 4.40. The van der Waals surface area contributed by atoms with E-state index in [1.807, 2.05) is 27.7 Å². The van der Waals surface area contributed by atoms with E-state index in [4.69, 9.17) is 9.31 Å². The molecule has 0 radical (unpaired) electrons. The second kappa shape index (κ2) is 4.71. The molecule has 1 saturated heterocycles. The van der Waals surface area contributed by atoms with Crippen molar-refractivity contribution in [2.24, 2.45) is 7.05 Å². The molecular weight excluding hydrogens is 273 g/mol. The number of aryl methyl sites for hydroxylation is 1. The topological polar surface area (TPSA) is 77.8 Å². The van der Waals surface area contributed by atoms with Gasteiger partial charge in [-0.2, -0.15) is 0 Å². The van der Waals surface area contributed by atoms with E-state index in [9.17, 15) is 14.7 Å². The van der Waals surface area contributed by atoms with E-state index in [1.165, 1.54) is 11.6 Å². The van der Waals surface area contributed by atoms with Gasteiger partial charge in [0.2, 0.25) is 0 Å². The highest BCUT2D eigenvalue weighted by atomic mass is 16.7. The van der Waals surface area contributed by atoms with Gasteiger partial charge in [0.05, 0.1) is 11.2 Å².